The molecule has 0 spiro atoms. The van der Waals surface area contributed by atoms with Gasteiger partial charge in [0.25, 0.3) is 0 Å². The number of fused-ring (bicyclic) bond motifs is 1. The molecule has 5 rings (SSSR count). The van der Waals surface area contributed by atoms with Crippen molar-refractivity contribution in [1.82, 2.24) is 25.1 Å². The number of benzene rings is 2. The molecule has 2 aliphatic rings. The minimum atomic E-state index is 0.487. The quantitative estimate of drug-likeness (QED) is 0.512. The molecule has 7 heteroatoms. The average molecular weight is 420 g/mol. The summed E-state index contributed by atoms with van der Waals surface area (Å²) in [6.07, 6.45) is 5.87. The first-order valence-electron chi connectivity index (χ1n) is 11.3. The highest BCUT2D eigenvalue weighted by Crippen LogP contribution is 2.38. The number of hydrogen-bond donors (Lipinski definition) is 0. The second-order valence-corrected chi connectivity index (χ2v) is 8.23. The van der Waals surface area contributed by atoms with Crippen LogP contribution in [0.1, 0.15) is 43.7 Å². The normalized spacial score (nSPS) is 18.4. The topological polar surface area (TPSA) is 65.3 Å². The van der Waals surface area contributed by atoms with Crippen molar-refractivity contribution in [2.24, 2.45) is 0 Å². The summed E-state index contributed by atoms with van der Waals surface area (Å²) in [6.45, 7) is 4.38. The molecule has 1 atom stereocenters. The van der Waals surface area contributed by atoms with E-state index in [2.05, 4.69) is 38.5 Å². The second-order valence-electron chi connectivity index (χ2n) is 8.23. The molecule has 2 aromatic carbocycles. The summed E-state index contributed by atoms with van der Waals surface area (Å²) in [5.41, 5.74) is 2.36. The molecule has 1 fully saturated rings. The van der Waals surface area contributed by atoms with Gasteiger partial charge in [0.15, 0.2) is 11.5 Å². The Balaban J connectivity index is 1.09. The molecular formula is C24H29N5O2. The van der Waals surface area contributed by atoms with E-state index >= 15 is 0 Å². The van der Waals surface area contributed by atoms with E-state index in [4.69, 9.17) is 9.47 Å². The molecule has 3 aromatic rings. The van der Waals surface area contributed by atoms with Crippen LogP contribution < -0.4 is 9.47 Å². The van der Waals surface area contributed by atoms with E-state index < -0.39 is 0 Å². The Bertz CT molecular complexity index is 991. The highest BCUT2D eigenvalue weighted by Gasteiger charge is 2.26. The van der Waals surface area contributed by atoms with E-state index in [9.17, 15) is 0 Å². The zero-order chi connectivity index (χ0) is 20.9. The first-order valence-corrected chi connectivity index (χ1v) is 11.3. The number of tetrazole rings is 1. The van der Waals surface area contributed by atoms with Gasteiger partial charge in [0.2, 0.25) is 5.82 Å². The van der Waals surface area contributed by atoms with Crippen molar-refractivity contribution >= 4 is 0 Å². The van der Waals surface area contributed by atoms with Crippen molar-refractivity contribution in [1.29, 1.82) is 0 Å². The smallest absolute Gasteiger partial charge is 0.204 e. The van der Waals surface area contributed by atoms with Crippen molar-refractivity contribution in [3.05, 3.63) is 54.1 Å². The number of aryl methyl sites for hydroxylation is 1. The summed E-state index contributed by atoms with van der Waals surface area (Å²) < 4.78 is 11.4. The van der Waals surface area contributed by atoms with Crippen molar-refractivity contribution in [3.8, 4) is 22.9 Å². The molecular weight excluding hydrogens is 390 g/mol. The molecule has 1 aromatic heterocycles. The maximum atomic E-state index is 5.78. The van der Waals surface area contributed by atoms with Gasteiger partial charge in [0, 0.05) is 11.6 Å². The Kier molecular flexibility index (Phi) is 6.11. The fourth-order valence-corrected chi connectivity index (χ4v) is 4.52. The van der Waals surface area contributed by atoms with E-state index in [0.717, 1.165) is 43.0 Å². The number of ether oxygens (including phenoxy) is 2. The van der Waals surface area contributed by atoms with Crippen LogP contribution in [0, 0.1) is 0 Å². The molecule has 0 radical (unpaired) electrons. The van der Waals surface area contributed by atoms with E-state index in [-0.39, 0.29) is 0 Å². The maximum absolute atomic E-state index is 5.78. The Morgan fingerprint density at radius 1 is 0.903 bits per heavy atom. The second kappa shape index (κ2) is 9.47. The van der Waals surface area contributed by atoms with Crippen LogP contribution in [0.2, 0.25) is 0 Å². The molecule has 0 bridgehead atoms. The molecule has 1 saturated heterocycles. The van der Waals surface area contributed by atoms with Crippen LogP contribution in [0.3, 0.4) is 0 Å². The van der Waals surface area contributed by atoms with Crippen molar-refractivity contribution in [3.63, 3.8) is 0 Å². The van der Waals surface area contributed by atoms with Gasteiger partial charge < -0.3 is 9.47 Å². The molecule has 162 valence electrons. The minimum Gasteiger partial charge on any atom is -0.486 e. The van der Waals surface area contributed by atoms with Crippen LogP contribution in [-0.2, 0) is 6.54 Å². The van der Waals surface area contributed by atoms with Gasteiger partial charge in [-0.15, -0.1) is 10.2 Å². The number of rotatable bonds is 8. The minimum absolute atomic E-state index is 0.487. The molecule has 31 heavy (non-hydrogen) atoms. The third-order valence-corrected chi connectivity index (χ3v) is 6.10. The molecule has 2 aliphatic heterocycles. The Labute approximate surface area is 183 Å². The molecule has 0 aliphatic carbocycles. The summed E-state index contributed by atoms with van der Waals surface area (Å²) >= 11 is 0. The van der Waals surface area contributed by atoms with E-state index in [0.29, 0.717) is 25.1 Å². The monoisotopic (exact) mass is 419 g/mol. The number of unbranched alkanes of at least 4 members (excludes halogenated alkanes) is 2. The molecule has 0 saturated carbocycles. The van der Waals surface area contributed by atoms with Crippen LogP contribution in [0.5, 0.6) is 11.5 Å². The first-order chi connectivity index (χ1) is 15.4. The van der Waals surface area contributed by atoms with Gasteiger partial charge in [-0.3, -0.25) is 4.90 Å². The molecule has 0 N–H and O–H groups in total. The van der Waals surface area contributed by atoms with Crippen LogP contribution in [-0.4, -0.2) is 51.4 Å². The van der Waals surface area contributed by atoms with Crippen molar-refractivity contribution in [2.45, 2.75) is 44.7 Å². The van der Waals surface area contributed by atoms with Gasteiger partial charge in [-0.2, -0.15) is 4.80 Å². The lowest BCUT2D eigenvalue weighted by Crippen LogP contribution is -2.25. The van der Waals surface area contributed by atoms with Crippen molar-refractivity contribution in [2.75, 3.05) is 26.3 Å². The van der Waals surface area contributed by atoms with E-state index in [1.165, 1.54) is 31.4 Å². The van der Waals surface area contributed by atoms with Crippen LogP contribution in [0.4, 0.5) is 0 Å². The van der Waals surface area contributed by atoms with Gasteiger partial charge in [-0.05, 0) is 61.7 Å². The average Bonchev–Trinajstić information content (AvgIpc) is 3.49. The first kappa shape index (κ1) is 20.0. The van der Waals surface area contributed by atoms with Gasteiger partial charge in [0.05, 0.1) is 6.54 Å². The zero-order valence-electron chi connectivity index (χ0n) is 17.8. The van der Waals surface area contributed by atoms with Crippen molar-refractivity contribution < 1.29 is 9.47 Å². The molecule has 0 amide bonds. The summed E-state index contributed by atoms with van der Waals surface area (Å²) in [5, 5.41) is 12.9. The maximum Gasteiger partial charge on any atom is 0.204 e. The standard InChI is InChI=1S/C24H29N5O2/c1-3-8-19(9-4-1)24-25-27-29(26-24)15-6-2-5-13-28-14-7-10-21(28)20-11-12-22-23(18-20)31-17-16-30-22/h1,3-4,8-9,11-12,18,21H,2,5-7,10,13-17H2/t21-/m1/s1. The Morgan fingerprint density at radius 3 is 2.65 bits per heavy atom. The number of aromatic nitrogens is 4. The third-order valence-electron chi connectivity index (χ3n) is 6.10. The number of likely N-dealkylation sites (tertiary alicyclic amines) is 1. The lowest BCUT2D eigenvalue weighted by Gasteiger charge is -2.26. The highest BCUT2D eigenvalue weighted by atomic mass is 16.6. The van der Waals surface area contributed by atoms with Crippen LogP contribution in [0.25, 0.3) is 11.4 Å². The van der Waals surface area contributed by atoms with E-state index in [1.54, 1.807) is 4.80 Å². The third kappa shape index (κ3) is 4.71. The van der Waals surface area contributed by atoms with Gasteiger partial charge in [0.1, 0.15) is 13.2 Å². The lowest BCUT2D eigenvalue weighted by atomic mass is 10.0. The molecule has 7 nitrogen and oxygen atoms in total. The van der Waals surface area contributed by atoms with Crippen LogP contribution >= 0.6 is 0 Å². The van der Waals surface area contributed by atoms with Crippen LogP contribution in [0.15, 0.2) is 48.5 Å². The SMILES string of the molecule is c1ccc(-c2nnn(CCCCCN3CCC[C@@H]3c3ccc4c(c3)OCCO4)n2)cc1. The van der Waals surface area contributed by atoms with Gasteiger partial charge in [-0.25, -0.2) is 0 Å². The Morgan fingerprint density at radius 2 is 1.74 bits per heavy atom. The fraction of sp³-hybridized carbons (Fsp3) is 0.458. The summed E-state index contributed by atoms with van der Waals surface area (Å²) in [5.74, 6) is 2.46. The highest BCUT2D eigenvalue weighted by molar-refractivity contribution is 5.52. The predicted molar refractivity (Wildman–Crippen MR) is 118 cm³/mol. The number of hydrogen-bond acceptors (Lipinski definition) is 6. The van der Waals surface area contributed by atoms with Gasteiger partial charge in [-0.1, -0.05) is 42.8 Å². The fourth-order valence-electron chi connectivity index (χ4n) is 4.52. The summed E-state index contributed by atoms with van der Waals surface area (Å²) in [4.78, 5) is 4.34. The zero-order valence-corrected chi connectivity index (χ0v) is 17.8. The largest absolute Gasteiger partial charge is 0.486 e. The Hall–Kier alpha value is -2.93. The lowest BCUT2D eigenvalue weighted by molar-refractivity contribution is 0.170. The summed E-state index contributed by atoms with van der Waals surface area (Å²) in [6, 6.07) is 16.9. The summed E-state index contributed by atoms with van der Waals surface area (Å²) in [7, 11) is 0. The number of nitrogens with zero attached hydrogens (tertiary/aromatic N) is 5. The van der Waals surface area contributed by atoms with Gasteiger partial charge >= 0.3 is 0 Å². The predicted octanol–water partition coefficient (Wildman–Crippen LogP) is 4.12. The molecule has 0 unspecified atom stereocenters. The molecule has 3 heterocycles. The van der Waals surface area contributed by atoms with E-state index in [1.807, 2.05) is 30.3 Å².